The van der Waals surface area contributed by atoms with Crippen LogP contribution in [0.15, 0.2) is 0 Å². The van der Waals surface area contributed by atoms with Crippen molar-refractivity contribution in [1.29, 1.82) is 0 Å². The molecular weight excluding hydrogens is 134 g/mol. The van der Waals surface area contributed by atoms with Crippen LogP contribution >= 0.6 is 0 Å². The van der Waals surface area contributed by atoms with Gasteiger partial charge >= 0.3 is 0 Å². The summed E-state index contributed by atoms with van der Waals surface area (Å²) in [5, 5.41) is 1.17. The van der Waals surface area contributed by atoms with Crippen LogP contribution in [-0.4, -0.2) is 37.3 Å². The largest absolute Gasteiger partial charge is 0.359 e. The summed E-state index contributed by atoms with van der Waals surface area (Å²) in [7, 11) is 3.02. The molecule has 58 valence electrons. The minimum absolute atomic E-state index is 0.0603. The predicted octanol–water partition coefficient (Wildman–Crippen LogP) is -0.207. The lowest BCUT2D eigenvalue weighted by Gasteiger charge is -2.10. The number of amides is 1. The van der Waals surface area contributed by atoms with E-state index >= 15 is 0 Å². The lowest BCUT2D eigenvalue weighted by Crippen LogP contribution is -2.30. The fourth-order valence-electron chi connectivity index (χ4n) is 0.714. The molecule has 0 N–H and O–H groups in total. The Morgan fingerprint density at radius 1 is 1.70 bits per heavy atom. The van der Waals surface area contributed by atoms with E-state index in [4.69, 9.17) is 4.74 Å². The zero-order valence-electron chi connectivity index (χ0n) is 6.33. The van der Waals surface area contributed by atoms with Gasteiger partial charge in [-0.05, 0) is 6.92 Å². The molecule has 1 aliphatic heterocycles. The van der Waals surface area contributed by atoms with Crippen molar-refractivity contribution in [3.8, 4) is 0 Å². The van der Waals surface area contributed by atoms with E-state index in [2.05, 4.69) is 4.84 Å². The Morgan fingerprint density at radius 3 is 2.50 bits per heavy atom. The zero-order valence-corrected chi connectivity index (χ0v) is 6.33. The van der Waals surface area contributed by atoms with Crippen molar-refractivity contribution < 1.29 is 14.4 Å². The van der Waals surface area contributed by atoms with Crippen molar-refractivity contribution in [2.75, 3.05) is 14.2 Å². The summed E-state index contributed by atoms with van der Waals surface area (Å²) in [6.07, 6.45) is -0.213. The SMILES string of the molecule is CON(C)C(=O)C1OC1C. The highest BCUT2D eigenvalue weighted by molar-refractivity contribution is 5.82. The van der Waals surface area contributed by atoms with E-state index < -0.39 is 0 Å². The number of carbonyl (C=O) groups is 1. The molecule has 0 radical (unpaired) electrons. The molecule has 1 saturated heterocycles. The Bertz CT molecular complexity index is 142. The van der Waals surface area contributed by atoms with Crippen LogP contribution < -0.4 is 0 Å². The van der Waals surface area contributed by atoms with Gasteiger partial charge in [0.2, 0.25) is 0 Å². The van der Waals surface area contributed by atoms with Crippen LogP contribution in [0.1, 0.15) is 6.92 Å². The lowest BCUT2D eigenvalue weighted by molar-refractivity contribution is -0.169. The summed E-state index contributed by atoms with van der Waals surface area (Å²) in [5.41, 5.74) is 0. The third kappa shape index (κ3) is 1.27. The van der Waals surface area contributed by atoms with Crippen LogP contribution in [-0.2, 0) is 14.4 Å². The third-order valence-corrected chi connectivity index (χ3v) is 1.54. The Hall–Kier alpha value is -0.610. The molecule has 4 nitrogen and oxygen atoms in total. The van der Waals surface area contributed by atoms with E-state index in [1.807, 2.05) is 6.92 Å². The number of carbonyl (C=O) groups excluding carboxylic acids is 1. The van der Waals surface area contributed by atoms with Crippen molar-refractivity contribution in [3.05, 3.63) is 0 Å². The van der Waals surface area contributed by atoms with Crippen molar-refractivity contribution in [2.24, 2.45) is 0 Å². The summed E-state index contributed by atoms with van der Waals surface area (Å²) in [6, 6.07) is 0. The van der Waals surface area contributed by atoms with E-state index in [0.29, 0.717) is 0 Å². The van der Waals surface area contributed by atoms with Crippen molar-refractivity contribution in [2.45, 2.75) is 19.1 Å². The van der Waals surface area contributed by atoms with Gasteiger partial charge in [-0.25, -0.2) is 5.06 Å². The number of hydroxylamine groups is 2. The Morgan fingerprint density at radius 2 is 2.20 bits per heavy atom. The summed E-state index contributed by atoms with van der Waals surface area (Å²) < 4.78 is 4.93. The fraction of sp³-hybridized carbons (Fsp3) is 0.833. The van der Waals surface area contributed by atoms with E-state index in [1.54, 1.807) is 7.05 Å². The lowest BCUT2D eigenvalue weighted by atomic mass is 10.3. The number of ether oxygens (including phenoxy) is 1. The predicted molar refractivity (Wildman–Crippen MR) is 34.1 cm³/mol. The molecule has 1 amide bonds. The summed E-state index contributed by atoms with van der Waals surface area (Å²) in [6.45, 7) is 1.85. The number of nitrogens with zero attached hydrogens (tertiary/aromatic N) is 1. The Balaban J connectivity index is 2.35. The van der Waals surface area contributed by atoms with E-state index in [1.165, 1.54) is 12.2 Å². The van der Waals surface area contributed by atoms with Gasteiger partial charge in [-0.15, -0.1) is 0 Å². The number of hydrogen-bond acceptors (Lipinski definition) is 3. The van der Waals surface area contributed by atoms with Crippen LogP contribution in [0.25, 0.3) is 0 Å². The molecule has 1 aliphatic rings. The van der Waals surface area contributed by atoms with Crippen molar-refractivity contribution in [3.63, 3.8) is 0 Å². The summed E-state index contributed by atoms with van der Waals surface area (Å²) >= 11 is 0. The molecule has 0 saturated carbocycles. The van der Waals surface area contributed by atoms with Crippen LogP contribution in [0.3, 0.4) is 0 Å². The summed E-state index contributed by atoms with van der Waals surface area (Å²) in [5.74, 6) is -0.116. The topological polar surface area (TPSA) is 42.1 Å². The van der Waals surface area contributed by atoms with Gasteiger partial charge in [-0.2, -0.15) is 0 Å². The molecular formula is C6H11NO3. The van der Waals surface area contributed by atoms with E-state index in [-0.39, 0.29) is 18.1 Å². The molecule has 0 aromatic carbocycles. The molecule has 0 aromatic rings. The van der Waals surface area contributed by atoms with Crippen LogP contribution in [0.5, 0.6) is 0 Å². The Labute approximate surface area is 59.7 Å². The van der Waals surface area contributed by atoms with Gasteiger partial charge in [0.25, 0.3) is 5.91 Å². The second-order valence-corrected chi connectivity index (χ2v) is 2.28. The van der Waals surface area contributed by atoms with Gasteiger partial charge in [-0.3, -0.25) is 9.63 Å². The molecule has 1 rings (SSSR count). The van der Waals surface area contributed by atoms with E-state index in [9.17, 15) is 4.79 Å². The minimum atomic E-state index is -0.273. The molecule has 1 fully saturated rings. The van der Waals surface area contributed by atoms with Gasteiger partial charge in [0, 0.05) is 7.05 Å². The third-order valence-electron chi connectivity index (χ3n) is 1.54. The molecule has 2 unspecified atom stereocenters. The maximum absolute atomic E-state index is 11.0. The summed E-state index contributed by atoms with van der Waals surface area (Å²) in [4.78, 5) is 15.7. The standard InChI is InChI=1S/C6H11NO3/c1-4-5(10-4)6(8)7(2)9-3/h4-5H,1-3H3. The van der Waals surface area contributed by atoms with Gasteiger partial charge in [0.1, 0.15) is 0 Å². The first-order chi connectivity index (χ1) is 4.66. The van der Waals surface area contributed by atoms with Gasteiger partial charge in [0.15, 0.2) is 6.10 Å². The molecule has 0 spiro atoms. The van der Waals surface area contributed by atoms with Crippen molar-refractivity contribution >= 4 is 5.91 Å². The molecule has 0 aliphatic carbocycles. The first-order valence-corrected chi connectivity index (χ1v) is 3.14. The van der Waals surface area contributed by atoms with Crippen LogP contribution in [0, 0.1) is 0 Å². The fourth-order valence-corrected chi connectivity index (χ4v) is 0.714. The maximum Gasteiger partial charge on any atom is 0.277 e. The average molecular weight is 145 g/mol. The molecule has 2 atom stereocenters. The quantitative estimate of drug-likeness (QED) is 0.399. The Kier molecular flexibility index (Phi) is 1.92. The highest BCUT2D eigenvalue weighted by atomic mass is 16.7. The first kappa shape index (κ1) is 7.50. The smallest absolute Gasteiger partial charge is 0.277 e. The number of rotatable bonds is 2. The van der Waals surface area contributed by atoms with Crippen molar-refractivity contribution in [1.82, 2.24) is 5.06 Å². The van der Waals surface area contributed by atoms with Crippen LogP contribution in [0.4, 0.5) is 0 Å². The monoisotopic (exact) mass is 145 g/mol. The molecule has 10 heavy (non-hydrogen) atoms. The maximum atomic E-state index is 11.0. The number of likely N-dealkylation sites (N-methyl/N-ethyl adjacent to an activating group) is 1. The zero-order chi connectivity index (χ0) is 7.72. The highest BCUT2D eigenvalue weighted by Crippen LogP contribution is 2.22. The number of hydrogen-bond donors (Lipinski definition) is 0. The van der Waals surface area contributed by atoms with E-state index in [0.717, 1.165) is 0 Å². The second kappa shape index (κ2) is 2.56. The average Bonchev–Trinajstić information content (AvgIpc) is 2.63. The van der Waals surface area contributed by atoms with Crippen LogP contribution in [0.2, 0.25) is 0 Å². The molecule has 4 heteroatoms. The normalized spacial score (nSPS) is 29.9. The van der Waals surface area contributed by atoms with Gasteiger partial charge in [-0.1, -0.05) is 0 Å². The van der Waals surface area contributed by atoms with Gasteiger partial charge in [0.05, 0.1) is 13.2 Å². The second-order valence-electron chi connectivity index (χ2n) is 2.28. The molecule has 1 heterocycles. The molecule has 0 aromatic heterocycles. The minimum Gasteiger partial charge on any atom is -0.359 e. The molecule has 0 bridgehead atoms. The van der Waals surface area contributed by atoms with Gasteiger partial charge < -0.3 is 4.74 Å². The number of epoxide rings is 1. The highest BCUT2D eigenvalue weighted by Gasteiger charge is 2.42. The first-order valence-electron chi connectivity index (χ1n) is 3.14.